The summed E-state index contributed by atoms with van der Waals surface area (Å²) in [5.41, 5.74) is 3.93. The molecule has 2 heterocycles. The SMILES string of the molecule is COc1cc(C2/C(=C(\O)c3ccc(OCc4ccccc4C)cc3)C(=O)C(=O)N2c2nnc(SCc3cccc4ccccc34)s2)cc(OC)c1OC. The minimum atomic E-state index is -1.11. The van der Waals surface area contributed by atoms with Crippen LogP contribution in [-0.4, -0.2) is 48.3 Å². The summed E-state index contributed by atoms with van der Waals surface area (Å²) in [4.78, 5) is 29.2. The third kappa shape index (κ3) is 7.03. The maximum atomic E-state index is 14.0. The van der Waals surface area contributed by atoms with E-state index in [0.29, 0.717) is 50.8 Å². The van der Waals surface area contributed by atoms with E-state index in [1.165, 1.54) is 49.3 Å². The Labute approximate surface area is 314 Å². The minimum absolute atomic E-state index is 0.127. The van der Waals surface area contributed by atoms with Gasteiger partial charge in [0.1, 0.15) is 18.1 Å². The van der Waals surface area contributed by atoms with Crippen LogP contribution in [0.15, 0.2) is 113 Å². The molecule has 1 N–H and O–H groups in total. The lowest BCUT2D eigenvalue weighted by Crippen LogP contribution is -2.29. The van der Waals surface area contributed by atoms with Crippen LogP contribution >= 0.6 is 23.1 Å². The number of methoxy groups -OCH3 is 3. The lowest BCUT2D eigenvalue weighted by molar-refractivity contribution is -0.132. The van der Waals surface area contributed by atoms with E-state index >= 15 is 0 Å². The molecule has 1 aliphatic heterocycles. The third-order valence-corrected chi connectivity index (χ3v) is 11.2. The van der Waals surface area contributed by atoms with Gasteiger partial charge in [-0.15, -0.1) is 10.2 Å². The Balaban J connectivity index is 1.25. The monoisotopic (exact) mass is 745 g/mol. The zero-order chi connectivity index (χ0) is 37.1. The molecule has 1 amide bonds. The Morgan fingerprint density at radius 2 is 1.51 bits per heavy atom. The molecule has 1 unspecified atom stereocenters. The van der Waals surface area contributed by atoms with Crippen molar-refractivity contribution >= 4 is 56.5 Å². The highest BCUT2D eigenvalue weighted by molar-refractivity contribution is 8.00. The van der Waals surface area contributed by atoms with Gasteiger partial charge in [-0.2, -0.15) is 0 Å². The lowest BCUT2D eigenvalue weighted by atomic mass is 9.94. The first kappa shape index (κ1) is 35.5. The fourth-order valence-electron chi connectivity index (χ4n) is 6.32. The standard InChI is InChI=1S/C41H35N3O7S2/c1-24-10-5-6-12-27(24)22-51-30-18-16-26(17-19-30)36(45)34-35(29-20-32(48-2)38(50-4)33(21-29)49-3)44(39(47)37(34)46)40-42-43-41(53-40)52-23-28-14-9-13-25-11-7-8-15-31(25)28/h5-21,35,45H,22-23H2,1-4H3/b36-34+. The maximum Gasteiger partial charge on any atom is 0.301 e. The van der Waals surface area contributed by atoms with Crippen molar-refractivity contribution in [3.8, 4) is 23.0 Å². The summed E-state index contributed by atoms with van der Waals surface area (Å²) in [7, 11) is 4.44. The first-order chi connectivity index (χ1) is 25.8. The fourth-order valence-corrected chi connectivity index (χ4v) is 8.19. The van der Waals surface area contributed by atoms with Crippen molar-refractivity contribution in [3.63, 3.8) is 0 Å². The van der Waals surface area contributed by atoms with Crippen LogP contribution in [0.1, 0.15) is 33.9 Å². The number of aliphatic hydroxyl groups is 1. The zero-order valence-electron chi connectivity index (χ0n) is 29.4. The number of rotatable bonds is 12. The zero-order valence-corrected chi connectivity index (χ0v) is 31.0. The van der Waals surface area contributed by atoms with Crippen LogP contribution < -0.4 is 23.8 Å². The Morgan fingerprint density at radius 3 is 2.23 bits per heavy atom. The highest BCUT2D eigenvalue weighted by Gasteiger charge is 2.49. The number of thioether (sulfide) groups is 1. The van der Waals surface area contributed by atoms with Crippen molar-refractivity contribution in [1.82, 2.24) is 10.2 Å². The summed E-state index contributed by atoms with van der Waals surface area (Å²) in [5, 5.41) is 23.1. The van der Waals surface area contributed by atoms with E-state index in [0.717, 1.165) is 27.5 Å². The molecule has 0 radical (unpaired) electrons. The number of ether oxygens (including phenoxy) is 4. The van der Waals surface area contributed by atoms with Crippen LogP contribution in [0.5, 0.6) is 23.0 Å². The number of fused-ring (bicyclic) bond motifs is 1. The lowest BCUT2D eigenvalue weighted by Gasteiger charge is -2.24. The summed E-state index contributed by atoms with van der Waals surface area (Å²) in [6, 6.07) is 31.2. The topological polar surface area (TPSA) is 120 Å². The van der Waals surface area contributed by atoms with Gasteiger partial charge in [0.15, 0.2) is 15.8 Å². The number of hydrogen-bond acceptors (Lipinski definition) is 11. The largest absolute Gasteiger partial charge is 0.507 e. The summed E-state index contributed by atoms with van der Waals surface area (Å²) in [5.74, 6) is 0.0679. The molecule has 1 fully saturated rings. The van der Waals surface area contributed by atoms with Crippen molar-refractivity contribution in [3.05, 3.63) is 137 Å². The van der Waals surface area contributed by atoms with Crippen LogP contribution in [0.25, 0.3) is 16.5 Å². The molecule has 268 valence electrons. The fraction of sp³-hybridized carbons (Fsp3) is 0.171. The normalized spacial score (nSPS) is 15.2. The molecule has 53 heavy (non-hydrogen) atoms. The van der Waals surface area contributed by atoms with Gasteiger partial charge in [-0.25, -0.2) is 0 Å². The molecule has 7 rings (SSSR count). The highest BCUT2D eigenvalue weighted by atomic mass is 32.2. The van der Waals surface area contributed by atoms with Gasteiger partial charge < -0.3 is 24.1 Å². The molecule has 10 nitrogen and oxygen atoms in total. The Morgan fingerprint density at radius 1 is 0.830 bits per heavy atom. The average molecular weight is 746 g/mol. The van der Waals surface area contributed by atoms with Crippen molar-refractivity contribution in [2.24, 2.45) is 0 Å². The number of Topliss-reactive ketones (excluding diaryl/α,β-unsaturated/α-hetero) is 1. The summed E-state index contributed by atoms with van der Waals surface area (Å²) < 4.78 is 23.4. The number of aromatic nitrogens is 2. The number of amides is 1. The number of hydrogen-bond donors (Lipinski definition) is 1. The van der Waals surface area contributed by atoms with Gasteiger partial charge >= 0.3 is 5.91 Å². The second-order valence-corrected chi connectivity index (χ2v) is 14.3. The van der Waals surface area contributed by atoms with Crippen molar-refractivity contribution in [2.75, 3.05) is 26.2 Å². The number of carbonyl (C=O) groups excluding carboxylic acids is 2. The average Bonchev–Trinajstić information content (AvgIpc) is 3.77. The van der Waals surface area contributed by atoms with Gasteiger partial charge in [-0.05, 0) is 76.3 Å². The van der Waals surface area contributed by atoms with Gasteiger partial charge in [-0.1, -0.05) is 89.8 Å². The number of nitrogens with zero attached hydrogens (tertiary/aromatic N) is 3. The van der Waals surface area contributed by atoms with Crippen LogP contribution in [-0.2, 0) is 21.9 Å². The minimum Gasteiger partial charge on any atom is -0.507 e. The number of aliphatic hydroxyl groups excluding tert-OH is 1. The molecule has 1 atom stereocenters. The molecule has 1 saturated heterocycles. The molecular formula is C41H35N3O7S2. The molecule has 0 aliphatic carbocycles. The number of ketones is 1. The molecule has 12 heteroatoms. The van der Waals surface area contributed by atoms with E-state index in [1.807, 2.05) is 49.4 Å². The van der Waals surface area contributed by atoms with E-state index in [-0.39, 0.29) is 16.5 Å². The van der Waals surface area contributed by atoms with Gasteiger partial charge in [0, 0.05) is 11.3 Å². The molecule has 5 aromatic carbocycles. The van der Waals surface area contributed by atoms with Gasteiger partial charge in [-0.3, -0.25) is 14.5 Å². The Bertz CT molecular complexity index is 2330. The Kier molecular flexibility index (Phi) is 10.3. The summed E-state index contributed by atoms with van der Waals surface area (Å²) in [6.07, 6.45) is 0. The van der Waals surface area contributed by atoms with Gasteiger partial charge in [0.25, 0.3) is 5.78 Å². The highest BCUT2D eigenvalue weighted by Crippen LogP contribution is 2.48. The number of aryl methyl sites for hydroxylation is 1. The summed E-state index contributed by atoms with van der Waals surface area (Å²) >= 11 is 2.67. The van der Waals surface area contributed by atoms with Crippen LogP contribution in [0.4, 0.5) is 5.13 Å². The van der Waals surface area contributed by atoms with Gasteiger partial charge in [0.2, 0.25) is 10.9 Å². The van der Waals surface area contributed by atoms with Crippen molar-refractivity contribution in [1.29, 1.82) is 0 Å². The smallest absolute Gasteiger partial charge is 0.301 e. The van der Waals surface area contributed by atoms with Crippen molar-refractivity contribution in [2.45, 2.75) is 29.7 Å². The van der Waals surface area contributed by atoms with Crippen molar-refractivity contribution < 1.29 is 33.6 Å². The molecular weight excluding hydrogens is 711 g/mol. The summed E-state index contributed by atoms with van der Waals surface area (Å²) in [6.45, 7) is 2.39. The molecule has 0 bridgehead atoms. The maximum absolute atomic E-state index is 14.0. The van der Waals surface area contributed by atoms with Crippen LogP contribution in [0.2, 0.25) is 0 Å². The van der Waals surface area contributed by atoms with Crippen LogP contribution in [0.3, 0.4) is 0 Å². The number of carbonyl (C=O) groups is 2. The molecule has 1 aromatic heterocycles. The second-order valence-electron chi connectivity index (χ2n) is 12.1. The number of anilines is 1. The predicted molar refractivity (Wildman–Crippen MR) is 206 cm³/mol. The predicted octanol–water partition coefficient (Wildman–Crippen LogP) is 8.52. The quantitative estimate of drug-likeness (QED) is 0.0429. The van der Waals surface area contributed by atoms with E-state index in [1.54, 1.807) is 36.4 Å². The van der Waals surface area contributed by atoms with Crippen LogP contribution in [0, 0.1) is 6.92 Å². The van der Waals surface area contributed by atoms with E-state index in [2.05, 4.69) is 34.5 Å². The first-order valence-electron chi connectivity index (χ1n) is 16.6. The number of benzene rings is 5. The van der Waals surface area contributed by atoms with E-state index in [4.69, 9.17) is 18.9 Å². The molecule has 6 aromatic rings. The Hall–Kier alpha value is -5.85. The molecule has 0 saturated carbocycles. The second kappa shape index (κ2) is 15.4. The third-order valence-electron chi connectivity index (χ3n) is 9.06. The van der Waals surface area contributed by atoms with Gasteiger partial charge in [0.05, 0.1) is 32.9 Å². The molecule has 0 spiro atoms. The molecule has 1 aliphatic rings. The van der Waals surface area contributed by atoms with E-state index in [9.17, 15) is 14.7 Å². The van der Waals surface area contributed by atoms with E-state index < -0.39 is 17.7 Å². The first-order valence-corrected chi connectivity index (χ1v) is 18.4.